The Hall–Kier alpha value is -0.540. The first-order valence-corrected chi connectivity index (χ1v) is 5.17. The van der Waals surface area contributed by atoms with Gasteiger partial charge in [0, 0.05) is 10.5 Å². The van der Waals surface area contributed by atoms with Crippen LogP contribution >= 0.6 is 12.6 Å². The van der Waals surface area contributed by atoms with Crippen molar-refractivity contribution < 1.29 is 9.13 Å². The van der Waals surface area contributed by atoms with Crippen LogP contribution in [0.3, 0.4) is 0 Å². The third kappa shape index (κ3) is 3.31. The molecule has 0 radical (unpaired) electrons. The summed E-state index contributed by atoms with van der Waals surface area (Å²) in [5, 5.41) is 0. The maximum atomic E-state index is 13.3. The molecule has 0 amide bonds. The van der Waals surface area contributed by atoms with Crippen LogP contribution in [0, 0.1) is 5.82 Å². The largest absolute Gasteiger partial charge is 0.374 e. The van der Waals surface area contributed by atoms with Gasteiger partial charge in [-0.25, -0.2) is 4.39 Å². The molecule has 0 heterocycles. The summed E-state index contributed by atoms with van der Waals surface area (Å²) in [6.45, 7) is 4.34. The molecular formula is C11H15FOS. The summed E-state index contributed by atoms with van der Waals surface area (Å²) in [4.78, 5) is 0.634. The Morgan fingerprint density at radius 3 is 2.79 bits per heavy atom. The summed E-state index contributed by atoms with van der Waals surface area (Å²) in [6, 6.07) is 4.87. The van der Waals surface area contributed by atoms with Gasteiger partial charge in [-0.2, -0.15) is 0 Å². The van der Waals surface area contributed by atoms with Gasteiger partial charge < -0.3 is 4.74 Å². The second-order valence-electron chi connectivity index (χ2n) is 3.31. The molecule has 1 atom stereocenters. The summed E-state index contributed by atoms with van der Waals surface area (Å²) in [5.74, 6) is -0.249. The van der Waals surface area contributed by atoms with E-state index in [-0.39, 0.29) is 11.9 Å². The van der Waals surface area contributed by atoms with E-state index >= 15 is 0 Å². The first-order valence-electron chi connectivity index (χ1n) is 4.72. The van der Waals surface area contributed by atoms with Crippen LogP contribution in [-0.2, 0) is 11.3 Å². The molecule has 0 fully saturated rings. The highest BCUT2D eigenvalue weighted by Crippen LogP contribution is 2.14. The average molecular weight is 214 g/mol. The summed E-state index contributed by atoms with van der Waals surface area (Å²) in [5.41, 5.74) is 0.586. The number of hydrogen-bond donors (Lipinski definition) is 1. The lowest BCUT2D eigenvalue weighted by atomic mass is 10.2. The number of ether oxygens (including phenoxy) is 1. The molecule has 0 spiro atoms. The monoisotopic (exact) mass is 214 g/mol. The summed E-state index contributed by atoms with van der Waals surface area (Å²) < 4.78 is 18.7. The molecule has 0 aliphatic heterocycles. The van der Waals surface area contributed by atoms with Crippen LogP contribution in [0.15, 0.2) is 23.1 Å². The quantitative estimate of drug-likeness (QED) is 0.755. The minimum absolute atomic E-state index is 0.171. The van der Waals surface area contributed by atoms with Crippen LogP contribution in [0.2, 0.25) is 0 Å². The molecule has 14 heavy (non-hydrogen) atoms. The Labute approximate surface area is 89.7 Å². The first-order chi connectivity index (χ1) is 6.63. The molecule has 0 aromatic heterocycles. The SMILES string of the molecule is CCC(C)OCc1ccc(S)cc1F. The lowest BCUT2D eigenvalue weighted by Crippen LogP contribution is -2.07. The van der Waals surface area contributed by atoms with E-state index in [0.717, 1.165) is 6.42 Å². The molecule has 0 aliphatic carbocycles. The molecule has 3 heteroatoms. The fourth-order valence-corrected chi connectivity index (χ4v) is 1.19. The zero-order valence-electron chi connectivity index (χ0n) is 8.46. The first kappa shape index (κ1) is 11.5. The van der Waals surface area contributed by atoms with Crippen molar-refractivity contribution in [1.29, 1.82) is 0 Å². The van der Waals surface area contributed by atoms with Gasteiger partial charge in [0.1, 0.15) is 5.82 Å². The van der Waals surface area contributed by atoms with Crippen molar-refractivity contribution in [3.05, 3.63) is 29.6 Å². The van der Waals surface area contributed by atoms with Crippen molar-refractivity contribution in [2.24, 2.45) is 0 Å². The molecule has 1 rings (SSSR count). The fourth-order valence-electron chi connectivity index (χ4n) is 1.00. The topological polar surface area (TPSA) is 9.23 Å². The van der Waals surface area contributed by atoms with Gasteiger partial charge in [-0.1, -0.05) is 13.0 Å². The minimum Gasteiger partial charge on any atom is -0.374 e. The minimum atomic E-state index is -0.249. The van der Waals surface area contributed by atoms with Crippen LogP contribution in [0.4, 0.5) is 4.39 Å². The van der Waals surface area contributed by atoms with E-state index in [1.807, 2.05) is 13.8 Å². The van der Waals surface area contributed by atoms with Gasteiger partial charge in [0.25, 0.3) is 0 Å². The normalized spacial score (nSPS) is 12.9. The predicted octanol–water partition coefficient (Wildman–Crippen LogP) is 3.43. The van der Waals surface area contributed by atoms with E-state index in [9.17, 15) is 4.39 Å². The molecule has 1 aromatic carbocycles. The number of thiol groups is 1. The van der Waals surface area contributed by atoms with Gasteiger partial charge in [-0.3, -0.25) is 0 Å². The Morgan fingerprint density at radius 1 is 1.50 bits per heavy atom. The van der Waals surface area contributed by atoms with Crippen LogP contribution < -0.4 is 0 Å². The van der Waals surface area contributed by atoms with E-state index in [1.54, 1.807) is 12.1 Å². The number of hydrogen-bond acceptors (Lipinski definition) is 2. The highest BCUT2D eigenvalue weighted by molar-refractivity contribution is 7.80. The molecule has 0 saturated carbocycles. The Bertz CT molecular complexity index is 301. The van der Waals surface area contributed by atoms with Gasteiger partial charge in [0.2, 0.25) is 0 Å². The number of rotatable bonds is 4. The second kappa shape index (κ2) is 5.37. The van der Waals surface area contributed by atoms with Crippen molar-refractivity contribution in [3.63, 3.8) is 0 Å². The standard InChI is InChI=1S/C11H15FOS/c1-3-8(2)13-7-9-4-5-10(14)6-11(9)12/h4-6,8,14H,3,7H2,1-2H3. The summed E-state index contributed by atoms with van der Waals surface area (Å²) in [7, 11) is 0. The van der Waals surface area contributed by atoms with Crippen LogP contribution in [0.5, 0.6) is 0 Å². The van der Waals surface area contributed by atoms with Gasteiger partial charge in [-0.05, 0) is 25.5 Å². The summed E-state index contributed by atoms with van der Waals surface area (Å²) >= 11 is 4.05. The second-order valence-corrected chi connectivity index (χ2v) is 3.82. The summed E-state index contributed by atoms with van der Waals surface area (Å²) in [6.07, 6.45) is 1.11. The highest BCUT2D eigenvalue weighted by atomic mass is 32.1. The molecule has 0 bridgehead atoms. The van der Waals surface area contributed by atoms with Crippen molar-refractivity contribution in [2.75, 3.05) is 0 Å². The predicted molar refractivity (Wildman–Crippen MR) is 58.2 cm³/mol. The number of halogens is 1. The maximum Gasteiger partial charge on any atom is 0.129 e. The van der Waals surface area contributed by atoms with E-state index in [1.165, 1.54) is 6.07 Å². The van der Waals surface area contributed by atoms with Crippen molar-refractivity contribution in [1.82, 2.24) is 0 Å². The Morgan fingerprint density at radius 2 is 2.21 bits per heavy atom. The molecule has 0 aliphatic rings. The zero-order valence-corrected chi connectivity index (χ0v) is 9.35. The van der Waals surface area contributed by atoms with Crippen LogP contribution in [0.25, 0.3) is 0 Å². The van der Waals surface area contributed by atoms with Crippen LogP contribution in [0.1, 0.15) is 25.8 Å². The molecular weight excluding hydrogens is 199 g/mol. The maximum absolute atomic E-state index is 13.3. The number of benzene rings is 1. The zero-order chi connectivity index (χ0) is 10.6. The molecule has 1 unspecified atom stereocenters. The smallest absolute Gasteiger partial charge is 0.129 e. The average Bonchev–Trinajstić information content (AvgIpc) is 2.16. The molecule has 1 aromatic rings. The van der Waals surface area contributed by atoms with E-state index in [4.69, 9.17) is 4.74 Å². The van der Waals surface area contributed by atoms with Gasteiger partial charge in [-0.15, -0.1) is 12.6 Å². The third-order valence-corrected chi connectivity index (χ3v) is 2.41. The lowest BCUT2D eigenvalue weighted by molar-refractivity contribution is 0.0492. The van der Waals surface area contributed by atoms with Gasteiger partial charge in [0.05, 0.1) is 12.7 Å². The molecule has 0 N–H and O–H groups in total. The fraction of sp³-hybridized carbons (Fsp3) is 0.455. The van der Waals surface area contributed by atoms with E-state index in [2.05, 4.69) is 12.6 Å². The van der Waals surface area contributed by atoms with E-state index in [0.29, 0.717) is 17.1 Å². The lowest BCUT2D eigenvalue weighted by Gasteiger charge is -2.11. The van der Waals surface area contributed by atoms with E-state index < -0.39 is 0 Å². The highest BCUT2D eigenvalue weighted by Gasteiger charge is 2.04. The van der Waals surface area contributed by atoms with Crippen molar-refractivity contribution in [3.8, 4) is 0 Å². The Kier molecular flexibility index (Phi) is 4.42. The molecule has 78 valence electrons. The molecule has 0 saturated heterocycles. The van der Waals surface area contributed by atoms with Gasteiger partial charge >= 0.3 is 0 Å². The van der Waals surface area contributed by atoms with Crippen molar-refractivity contribution in [2.45, 2.75) is 37.9 Å². The molecule has 1 nitrogen and oxygen atoms in total. The third-order valence-electron chi connectivity index (χ3n) is 2.13. The van der Waals surface area contributed by atoms with Crippen molar-refractivity contribution >= 4 is 12.6 Å². The Balaban J connectivity index is 2.59. The van der Waals surface area contributed by atoms with Gasteiger partial charge in [0.15, 0.2) is 0 Å². The van der Waals surface area contributed by atoms with Crippen LogP contribution in [-0.4, -0.2) is 6.10 Å².